The molecule has 0 aliphatic carbocycles. The van der Waals surface area contributed by atoms with Crippen molar-refractivity contribution in [2.75, 3.05) is 0 Å². The van der Waals surface area contributed by atoms with Crippen molar-refractivity contribution in [2.45, 2.75) is 24.1 Å². The summed E-state index contributed by atoms with van der Waals surface area (Å²) in [5, 5.41) is 10.2. The number of hydrogen-bond donors (Lipinski definition) is 0. The molecule has 2 aromatic carbocycles. The topological polar surface area (TPSA) is 39.9 Å². The van der Waals surface area contributed by atoms with Gasteiger partial charge in [0.15, 0.2) is 11.0 Å². The standard InChI is InChI=1S/C19H17BrClN3OS/c1-2-10-24-18(12-25-17-8-6-15(20)7-9-17)22-23-19(24)26-13-14-4-3-5-16(21)11-14/h2-9,11H,1,10,12-13H2. The summed E-state index contributed by atoms with van der Waals surface area (Å²) in [7, 11) is 0. The minimum absolute atomic E-state index is 0.347. The third-order valence-corrected chi connectivity index (χ3v) is 5.35. The molecular weight excluding hydrogens is 434 g/mol. The Morgan fingerprint density at radius 1 is 1.19 bits per heavy atom. The first-order chi connectivity index (χ1) is 12.7. The van der Waals surface area contributed by atoms with E-state index in [1.54, 1.807) is 11.8 Å². The lowest BCUT2D eigenvalue weighted by Gasteiger charge is -2.09. The maximum absolute atomic E-state index is 6.05. The summed E-state index contributed by atoms with van der Waals surface area (Å²) in [4.78, 5) is 0. The average molecular weight is 451 g/mol. The van der Waals surface area contributed by atoms with Crippen LogP contribution in [0.25, 0.3) is 0 Å². The summed E-state index contributed by atoms with van der Waals surface area (Å²) in [6.45, 7) is 4.80. The van der Waals surface area contributed by atoms with Crippen LogP contribution in [0.1, 0.15) is 11.4 Å². The highest BCUT2D eigenvalue weighted by atomic mass is 79.9. The van der Waals surface area contributed by atoms with Gasteiger partial charge in [0.05, 0.1) is 0 Å². The predicted molar refractivity (Wildman–Crippen MR) is 110 cm³/mol. The molecule has 4 nitrogen and oxygen atoms in total. The Balaban J connectivity index is 1.68. The van der Waals surface area contributed by atoms with Crippen LogP contribution in [0.15, 0.2) is 70.8 Å². The van der Waals surface area contributed by atoms with Crippen LogP contribution in [0.4, 0.5) is 0 Å². The van der Waals surface area contributed by atoms with E-state index in [0.717, 1.165) is 37.5 Å². The van der Waals surface area contributed by atoms with Crippen LogP contribution in [0, 0.1) is 0 Å². The first-order valence-corrected chi connectivity index (χ1v) is 10.1. The van der Waals surface area contributed by atoms with Crippen molar-refractivity contribution in [3.8, 4) is 5.75 Å². The Bertz CT molecular complexity index is 883. The van der Waals surface area contributed by atoms with Crippen molar-refractivity contribution in [3.05, 3.63) is 82.1 Å². The van der Waals surface area contributed by atoms with E-state index in [2.05, 4.69) is 32.7 Å². The van der Waals surface area contributed by atoms with Crippen LogP contribution >= 0.6 is 39.3 Å². The number of nitrogens with zero attached hydrogens (tertiary/aromatic N) is 3. The summed E-state index contributed by atoms with van der Waals surface area (Å²) >= 11 is 11.1. The summed E-state index contributed by atoms with van der Waals surface area (Å²) in [6.07, 6.45) is 1.83. The van der Waals surface area contributed by atoms with Crippen LogP contribution in [-0.4, -0.2) is 14.8 Å². The van der Waals surface area contributed by atoms with Crippen molar-refractivity contribution in [1.29, 1.82) is 0 Å². The van der Waals surface area contributed by atoms with Gasteiger partial charge in [0.1, 0.15) is 12.4 Å². The number of rotatable bonds is 8. The lowest BCUT2D eigenvalue weighted by molar-refractivity contribution is 0.289. The highest BCUT2D eigenvalue weighted by molar-refractivity contribution is 9.10. The molecule has 1 aromatic heterocycles. The SMILES string of the molecule is C=CCn1c(COc2ccc(Br)cc2)nnc1SCc1cccc(Cl)c1. The summed E-state index contributed by atoms with van der Waals surface area (Å²) in [5.41, 5.74) is 1.14. The van der Waals surface area contributed by atoms with E-state index in [-0.39, 0.29) is 0 Å². The Hall–Kier alpha value is -1.76. The smallest absolute Gasteiger partial charge is 0.191 e. The summed E-state index contributed by atoms with van der Waals surface area (Å²) < 4.78 is 8.85. The second-order valence-electron chi connectivity index (χ2n) is 5.46. The van der Waals surface area contributed by atoms with Crippen LogP contribution in [0.2, 0.25) is 5.02 Å². The summed E-state index contributed by atoms with van der Waals surface area (Å²) in [5.74, 6) is 2.32. The molecule has 1 heterocycles. The normalized spacial score (nSPS) is 10.7. The fourth-order valence-electron chi connectivity index (χ4n) is 2.30. The number of hydrogen-bond acceptors (Lipinski definition) is 4. The Labute approximate surface area is 170 Å². The number of allylic oxidation sites excluding steroid dienone is 1. The van der Waals surface area contributed by atoms with E-state index in [1.165, 1.54) is 0 Å². The van der Waals surface area contributed by atoms with E-state index in [1.807, 2.05) is 59.2 Å². The lowest BCUT2D eigenvalue weighted by atomic mass is 10.2. The second kappa shape index (κ2) is 9.26. The zero-order chi connectivity index (χ0) is 18.4. The fourth-order valence-corrected chi connectivity index (χ4v) is 3.69. The average Bonchev–Trinajstić information content (AvgIpc) is 3.02. The first kappa shape index (κ1) is 19.0. The number of halogens is 2. The van der Waals surface area contributed by atoms with E-state index in [0.29, 0.717) is 13.2 Å². The third-order valence-electron chi connectivity index (χ3n) is 3.54. The monoisotopic (exact) mass is 449 g/mol. The Morgan fingerprint density at radius 3 is 2.73 bits per heavy atom. The van der Waals surface area contributed by atoms with Gasteiger partial charge in [-0.15, -0.1) is 16.8 Å². The molecule has 0 saturated heterocycles. The van der Waals surface area contributed by atoms with Crippen LogP contribution in [-0.2, 0) is 18.9 Å². The van der Waals surface area contributed by atoms with E-state index in [9.17, 15) is 0 Å². The maximum Gasteiger partial charge on any atom is 0.191 e. The summed E-state index contributed by atoms with van der Waals surface area (Å²) in [6, 6.07) is 15.5. The number of aromatic nitrogens is 3. The van der Waals surface area contributed by atoms with Gasteiger partial charge in [0.25, 0.3) is 0 Å². The van der Waals surface area contributed by atoms with Gasteiger partial charge in [-0.2, -0.15) is 0 Å². The predicted octanol–water partition coefficient (Wildman–Crippen LogP) is 5.75. The minimum atomic E-state index is 0.347. The van der Waals surface area contributed by atoms with Gasteiger partial charge in [-0.25, -0.2) is 0 Å². The molecule has 0 aliphatic rings. The third kappa shape index (κ3) is 5.13. The molecule has 134 valence electrons. The van der Waals surface area contributed by atoms with Crippen LogP contribution < -0.4 is 4.74 Å². The van der Waals surface area contributed by atoms with Crippen molar-refractivity contribution in [2.24, 2.45) is 0 Å². The van der Waals surface area contributed by atoms with Gasteiger partial charge in [-0.3, -0.25) is 4.57 Å². The van der Waals surface area contributed by atoms with Gasteiger partial charge in [0.2, 0.25) is 0 Å². The van der Waals surface area contributed by atoms with Gasteiger partial charge in [-0.1, -0.05) is 57.5 Å². The van der Waals surface area contributed by atoms with E-state index < -0.39 is 0 Å². The Kier molecular flexibility index (Phi) is 6.77. The lowest BCUT2D eigenvalue weighted by Crippen LogP contribution is -2.07. The molecule has 0 bridgehead atoms. The highest BCUT2D eigenvalue weighted by Crippen LogP contribution is 2.24. The van der Waals surface area contributed by atoms with Crippen molar-refractivity contribution in [3.63, 3.8) is 0 Å². The van der Waals surface area contributed by atoms with E-state index in [4.69, 9.17) is 16.3 Å². The van der Waals surface area contributed by atoms with Crippen molar-refractivity contribution in [1.82, 2.24) is 14.8 Å². The molecular formula is C19H17BrClN3OS. The largest absolute Gasteiger partial charge is 0.486 e. The Morgan fingerprint density at radius 2 is 2.00 bits per heavy atom. The molecule has 3 rings (SSSR count). The molecule has 3 aromatic rings. The molecule has 0 aliphatic heterocycles. The molecule has 0 saturated carbocycles. The molecule has 26 heavy (non-hydrogen) atoms. The molecule has 7 heteroatoms. The molecule has 0 amide bonds. The number of thioether (sulfide) groups is 1. The van der Waals surface area contributed by atoms with Gasteiger partial charge in [-0.05, 0) is 42.0 Å². The molecule has 0 unspecified atom stereocenters. The van der Waals surface area contributed by atoms with E-state index >= 15 is 0 Å². The second-order valence-corrected chi connectivity index (χ2v) is 7.75. The van der Waals surface area contributed by atoms with Crippen molar-refractivity contribution < 1.29 is 4.74 Å². The molecule has 0 N–H and O–H groups in total. The maximum atomic E-state index is 6.05. The molecule has 0 fully saturated rings. The molecule has 0 radical (unpaired) electrons. The van der Waals surface area contributed by atoms with Crippen LogP contribution in [0.3, 0.4) is 0 Å². The molecule has 0 atom stereocenters. The minimum Gasteiger partial charge on any atom is -0.486 e. The number of benzene rings is 2. The highest BCUT2D eigenvalue weighted by Gasteiger charge is 2.12. The number of ether oxygens (including phenoxy) is 1. The zero-order valence-corrected chi connectivity index (χ0v) is 17.1. The fraction of sp³-hybridized carbons (Fsp3) is 0.158. The van der Waals surface area contributed by atoms with Gasteiger partial charge in [0, 0.05) is 21.8 Å². The first-order valence-electron chi connectivity index (χ1n) is 7.94. The van der Waals surface area contributed by atoms with Gasteiger partial charge < -0.3 is 4.74 Å². The van der Waals surface area contributed by atoms with Crippen molar-refractivity contribution >= 4 is 39.3 Å². The van der Waals surface area contributed by atoms with Crippen LogP contribution in [0.5, 0.6) is 5.75 Å². The van der Waals surface area contributed by atoms with Gasteiger partial charge >= 0.3 is 0 Å². The zero-order valence-electron chi connectivity index (χ0n) is 13.9. The molecule has 0 spiro atoms. The quantitative estimate of drug-likeness (QED) is 0.323.